The molecule has 5 rings (SSSR count). The predicted octanol–water partition coefficient (Wildman–Crippen LogP) is 5.67. The number of benzene rings is 2. The van der Waals surface area contributed by atoms with Crippen molar-refractivity contribution >= 4 is 17.9 Å². The van der Waals surface area contributed by atoms with Gasteiger partial charge in [-0.25, -0.2) is 19.1 Å². The number of nitrogens with zero attached hydrogens (tertiary/aromatic N) is 4. The highest BCUT2D eigenvalue weighted by atomic mass is 32.2. The minimum atomic E-state index is -4.94. The van der Waals surface area contributed by atoms with E-state index in [1.807, 2.05) is 45.3 Å². The Morgan fingerprint density at radius 2 is 1.89 bits per heavy atom. The summed E-state index contributed by atoms with van der Waals surface area (Å²) in [5, 5.41) is 9.46. The van der Waals surface area contributed by atoms with E-state index in [4.69, 9.17) is 0 Å². The molecule has 4 aromatic rings. The third-order valence-electron chi connectivity index (χ3n) is 5.64. The van der Waals surface area contributed by atoms with Gasteiger partial charge in [-0.05, 0) is 48.2 Å². The van der Waals surface area contributed by atoms with Gasteiger partial charge in [-0.3, -0.25) is 4.57 Å². The lowest BCUT2D eigenvalue weighted by atomic mass is 10.1. The van der Waals surface area contributed by atoms with Crippen LogP contribution in [0, 0.1) is 0 Å². The zero-order valence-electron chi connectivity index (χ0n) is 18.6. The molecule has 0 bridgehead atoms. The zero-order chi connectivity index (χ0) is 25.3. The number of carbonyl (C=O) groups is 1. The average molecular weight is 513 g/mol. The normalized spacial score (nSPS) is 15.6. The van der Waals surface area contributed by atoms with Crippen molar-refractivity contribution in [3.63, 3.8) is 0 Å². The van der Waals surface area contributed by atoms with Crippen LogP contribution < -0.4 is 4.74 Å². The Bertz CT molecular complexity index is 1390. The molecule has 0 spiro atoms. The molecule has 2 aromatic heterocycles. The van der Waals surface area contributed by atoms with Crippen LogP contribution in [0.3, 0.4) is 0 Å². The average Bonchev–Trinajstić information content (AvgIpc) is 3.28. The number of aromatic nitrogens is 3. The number of alkyl halides is 3. The van der Waals surface area contributed by atoms with E-state index in [-0.39, 0.29) is 16.5 Å². The van der Waals surface area contributed by atoms with Crippen molar-refractivity contribution in [2.24, 2.45) is 0 Å². The van der Waals surface area contributed by atoms with Crippen LogP contribution in [-0.2, 0) is 13.0 Å². The maximum absolute atomic E-state index is 13.2. The molecule has 184 valence electrons. The minimum Gasteiger partial charge on any atom is -0.478 e. The van der Waals surface area contributed by atoms with Crippen molar-refractivity contribution in [2.75, 3.05) is 0 Å². The predicted molar refractivity (Wildman–Crippen MR) is 126 cm³/mol. The Morgan fingerprint density at radius 3 is 2.64 bits per heavy atom. The monoisotopic (exact) mass is 512 g/mol. The summed E-state index contributed by atoms with van der Waals surface area (Å²) in [6, 6.07) is 16.3. The topological polar surface area (TPSA) is 80.5 Å². The van der Waals surface area contributed by atoms with Crippen LogP contribution in [0.25, 0.3) is 5.82 Å². The van der Waals surface area contributed by atoms with Gasteiger partial charge in [0, 0.05) is 30.7 Å². The maximum atomic E-state index is 13.2. The number of halogens is 3. The Labute approximate surface area is 208 Å². The first-order chi connectivity index (χ1) is 17.3. The molecule has 7 nitrogen and oxygen atoms in total. The summed E-state index contributed by atoms with van der Waals surface area (Å²) in [6.07, 6.45) is 0.699. The second-order valence-corrected chi connectivity index (χ2v) is 9.12. The number of imidazole rings is 1. The van der Waals surface area contributed by atoms with E-state index < -0.39 is 18.1 Å². The third kappa shape index (κ3) is 5.07. The Balaban J connectivity index is 1.61. The summed E-state index contributed by atoms with van der Waals surface area (Å²) >= 11 is 0.999. The van der Waals surface area contributed by atoms with Gasteiger partial charge in [0.2, 0.25) is 0 Å². The number of fused-ring (bicyclic) bond motifs is 3. The molecular formula is C25H19F3N4O3S. The zero-order valence-corrected chi connectivity index (χ0v) is 19.4. The van der Waals surface area contributed by atoms with Crippen LogP contribution in [-0.4, -0.2) is 36.3 Å². The highest BCUT2D eigenvalue weighted by Gasteiger charge is 2.35. The molecule has 36 heavy (non-hydrogen) atoms. The number of hydrogen-bond donors (Lipinski definition) is 1. The lowest BCUT2D eigenvalue weighted by molar-refractivity contribution is -0.275. The van der Waals surface area contributed by atoms with Gasteiger partial charge in [0.15, 0.2) is 0 Å². The summed E-state index contributed by atoms with van der Waals surface area (Å²) < 4.78 is 47.5. The molecule has 3 heterocycles. The Morgan fingerprint density at radius 1 is 1.08 bits per heavy atom. The van der Waals surface area contributed by atoms with Crippen LogP contribution in [0.2, 0.25) is 0 Å². The summed E-state index contributed by atoms with van der Waals surface area (Å²) in [7, 11) is 0. The van der Waals surface area contributed by atoms with Crippen molar-refractivity contribution in [1.29, 1.82) is 0 Å². The summed E-state index contributed by atoms with van der Waals surface area (Å²) in [4.78, 5) is 20.7. The molecule has 0 amide bonds. The number of ether oxygens (including phenoxy) is 1. The molecule has 0 saturated heterocycles. The fourth-order valence-corrected chi connectivity index (χ4v) is 5.22. The summed E-state index contributed by atoms with van der Waals surface area (Å²) in [6.45, 7) is 0.317. The van der Waals surface area contributed by atoms with E-state index in [9.17, 15) is 23.1 Å². The number of rotatable bonds is 6. The van der Waals surface area contributed by atoms with E-state index in [0.29, 0.717) is 24.6 Å². The lowest BCUT2D eigenvalue weighted by Crippen LogP contribution is -2.25. The summed E-state index contributed by atoms with van der Waals surface area (Å²) in [5.41, 5.74) is 1.70. The van der Waals surface area contributed by atoms with Crippen molar-refractivity contribution in [1.82, 2.24) is 18.8 Å². The van der Waals surface area contributed by atoms with Crippen LogP contribution in [0.15, 0.2) is 84.1 Å². The van der Waals surface area contributed by atoms with Gasteiger partial charge in [-0.15, -0.1) is 13.2 Å². The summed E-state index contributed by atoms with van der Waals surface area (Å²) in [5.74, 6) is -0.388. The first kappa shape index (κ1) is 23.9. The minimum absolute atomic E-state index is 0.0238. The van der Waals surface area contributed by atoms with Gasteiger partial charge >= 0.3 is 12.3 Å². The van der Waals surface area contributed by atoms with Gasteiger partial charge < -0.3 is 9.84 Å². The molecule has 0 fully saturated rings. The Kier molecular flexibility index (Phi) is 6.42. The number of carboxylic acids is 1. The highest BCUT2D eigenvalue weighted by molar-refractivity contribution is 7.97. The number of hydrogen-bond acceptors (Lipinski definition) is 6. The van der Waals surface area contributed by atoms with Crippen molar-refractivity contribution in [3.8, 4) is 11.6 Å². The first-order valence-electron chi connectivity index (χ1n) is 10.9. The van der Waals surface area contributed by atoms with Crippen LogP contribution in [0.4, 0.5) is 13.2 Å². The van der Waals surface area contributed by atoms with E-state index in [1.54, 1.807) is 24.7 Å². The lowest BCUT2D eigenvalue weighted by Gasteiger charge is -2.29. The SMILES string of the molecule is O=C(O)c1ccc(OC(F)(F)F)c(SN2Cc3cccnc3-n3ccnc3C2Cc2ccccc2)c1. The van der Waals surface area contributed by atoms with Crippen LogP contribution in [0.1, 0.15) is 33.4 Å². The van der Waals surface area contributed by atoms with Gasteiger partial charge in [-0.1, -0.05) is 36.4 Å². The molecule has 0 radical (unpaired) electrons. The largest absolute Gasteiger partial charge is 0.573 e. The first-order valence-corrected chi connectivity index (χ1v) is 11.6. The van der Waals surface area contributed by atoms with E-state index >= 15 is 0 Å². The second-order valence-electron chi connectivity index (χ2n) is 8.03. The fourth-order valence-electron chi connectivity index (χ4n) is 4.09. The fraction of sp³-hybridized carbons (Fsp3) is 0.160. The molecule has 1 aliphatic rings. The highest BCUT2D eigenvalue weighted by Crippen LogP contribution is 2.43. The number of carboxylic acid groups (broad SMARTS) is 1. The number of pyridine rings is 1. The van der Waals surface area contributed by atoms with Crippen LogP contribution >= 0.6 is 11.9 Å². The van der Waals surface area contributed by atoms with Gasteiger partial charge in [0.05, 0.1) is 16.5 Å². The molecule has 1 atom stereocenters. The van der Waals surface area contributed by atoms with E-state index in [2.05, 4.69) is 14.7 Å². The van der Waals surface area contributed by atoms with E-state index in [0.717, 1.165) is 35.2 Å². The molecule has 1 unspecified atom stereocenters. The van der Waals surface area contributed by atoms with E-state index in [1.165, 1.54) is 6.07 Å². The Hall–Kier alpha value is -3.83. The van der Waals surface area contributed by atoms with Gasteiger partial charge in [0.1, 0.15) is 17.4 Å². The molecule has 1 N–H and O–H groups in total. The van der Waals surface area contributed by atoms with Gasteiger partial charge in [-0.2, -0.15) is 0 Å². The van der Waals surface area contributed by atoms with Crippen molar-refractivity contribution < 1.29 is 27.8 Å². The third-order valence-corrected chi connectivity index (χ3v) is 6.77. The molecule has 0 aliphatic carbocycles. The number of aromatic carboxylic acids is 1. The second kappa shape index (κ2) is 9.67. The molecule has 1 aliphatic heterocycles. The van der Waals surface area contributed by atoms with Crippen molar-refractivity contribution in [2.45, 2.75) is 30.3 Å². The quantitative estimate of drug-likeness (QED) is 0.334. The van der Waals surface area contributed by atoms with Gasteiger partial charge in [0.25, 0.3) is 0 Å². The molecule has 2 aromatic carbocycles. The standard InChI is InChI=1S/C25H19F3N4O3S/c26-25(27,28)35-20-9-8-17(24(33)34)14-21(20)36-32-15-18-7-4-10-29-22(18)31-12-11-30-23(31)19(32)13-16-5-2-1-3-6-16/h1-12,14,19H,13,15H2,(H,33,34). The van der Waals surface area contributed by atoms with Crippen LogP contribution in [0.5, 0.6) is 5.75 Å². The smallest absolute Gasteiger partial charge is 0.478 e. The molecule has 0 saturated carbocycles. The maximum Gasteiger partial charge on any atom is 0.573 e. The molecule has 11 heteroatoms. The van der Waals surface area contributed by atoms with Crippen molar-refractivity contribution in [3.05, 3.63) is 102 Å². The molecular weight excluding hydrogens is 493 g/mol.